The zero-order chi connectivity index (χ0) is 21.3. The molecule has 2 amide bonds. The van der Waals surface area contributed by atoms with Crippen molar-refractivity contribution in [2.24, 2.45) is 11.1 Å². The number of nitrogens with one attached hydrogen (secondary N) is 1. The minimum absolute atomic E-state index is 0.00285. The molecule has 2 aromatic carbocycles. The highest BCUT2D eigenvalue weighted by molar-refractivity contribution is 5.91. The van der Waals surface area contributed by atoms with E-state index in [9.17, 15) is 9.59 Å². The van der Waals surface area contributed by atoms with Crippen molar-refractivity contribution in [3.05, 3.63) is 53.6 Å². The molecule has 0 aliphatic carbocycles. The van der Waals surface area contributed by atoms with Crippen molar-refractivity contribution in [3.63, 3.8) is 0 Å². The van der Waals surface area contributed by atoms with Gasteiger partial charge in [-0.25, -0.2) is 9.59 Å². The lowest BCUT2D eigenvalue weighted by molar-refractivity contribution is 0.144. The fraction of sp³-hybridized carbons (Fsp3) is 0.364. The predicted octanol–water partition coefficient (Wildman–Crippen LogP) is 4.77. The molecule has 0 spiro atoms. The van der Waals surface area contributed by atoms with Gasteiger partial charge < -0.3 is 20.9 Å². The van der Waals surface area contributed by atoms with Crippen molar-refractivity contribution in [3.8, 4) is 5.75 Å². The third-order valence-electron chi connectivity index (χ3n) is 5.24. The van der Waals surface area contributed by atoms with E-state index in [-0.39, 0.29) is 17.5 Å². The Balaban J connectivity index is 1.95. The molecule has 1 unspecified atom stereocenters. The second-order valence-corrected chi connectivity index (χ2v) is 8.33. The second kappa shape index (κ2) is 7.66. The third kappa shape index (κ3) is 4.29. The third-order valence-corrected chi connectivity index (χ3v) is 5.24. The zero-order valence-electron chi connectivity index (χ0n) is 17.1. The molecule has 0 bridgehead atoms. The molecular weight excluding hydrogens is 370 g/mol. The summed E-state index contributed by atoms with van der Waals surface area (Å²) in [6.45, 7) is 8.15. The van der Waals surface area contributed by atoms with Gasteiger partial charge in [-0.05, 0) is 67.1 Å². The van der Waals surface area contributed by atoms with Crippen molar-refractivity contribution in [1.29, 1.82) is 0 Å². The van der Waals surface area contributed by atoms with Crippen LogP contribution < -0.4 is 20.7 Å². The van der Waals surface area contributed by atoms with Crippen LogP contribution in [0, 0.1) is 5.41 Å². The van der Waals surface area contributed by atoms with Crippen LogP contribution in [0.4, 0.5) is 21.0 Å². The fourth-order valence-corrected chi connectivity index (χ4v) is 4.03. The minimum Gasteiger partial charge on any atom is -0.449 e. The number of amides is 2. The highest BCUT2D eigenvalue weighted by atomic mass is 16.7. The van der Waals surface area contributed by atoms with Crippen molar-refractivity contribution < 1.29 is 19.4 Å². The van der Waals surface area contributed by atoms with Crippen LogP contribution in [0.25, 0.3) is 0 Å². The van der Waals surface area contributed by atoms with Crippen LogP contribution in [0.3, 0.4) is 0 Å². The van der Waals surface area contributed by atoms with Crippen LogP contribution in [0.15, 0.2) is 42.5 Å². The van der Waals surface area contributed by atoms with Gasteiger partial charge in [-0.1, -0.05) is 26.0 Å². The van der Waals surface area contributed by atoms with E-state index in [0.717, 1.165) is 28.9 Å². The number of ether oxygens (including phenoxy) is 1. The molecule has 3 rings (SSSR count). The normalized spacial score (nSPS) is 17.2. The quantitative estimate of drug-likeness (QED) is 0.509. The number of hydrogen-bond donors (Lipinski definition) is 3. The van der Waals surface area contributed by atoms with Crippen molar-refractivity contribution >= 4 is 23.6 Å². The first kappa shape index (κ1) is 20.5. The van der Waals surface area contributed by atoms with Gasteiger partial charge >= 0.3 is 12.2 Å². The molecule has 4 N–H and O–H groups in total. The molecule has 0 radical (unpaired) electrons. The lowest BCUT2D eigenvalue weighted by Crippen LogP contribution is -2.41. The molecule has 0 fully saturated rings. The van der Waals surface area contributed by atoms with Gasteiger partial charge in [0.25, 0.3) is 0 Å². The summed E-state index contributed by atoms with van der Waals surface area (Å²) in [7, 11) is 0. The van der Waals surface area contributed by atoms with E-state index in [1.165, 1.54) is 0 Å². The number of hydrogen-bond acceptors (Lipinski definition) is 4. The highest BCUT2D eigenvalue weighted by Crippen LogP contribution is 2.46. The number of nitrogens with two attached hydrogens (primary N) is 1. The van der Waals surface area contributed by atoms with Crippen LogP contribution in [-0.4, -0.2) is 23.3 Å². The van der Waals surface area contributed by atoms with E-state index in [2.05, 4.69) is 19.2 Å². The lowest BCUT2D eigenvalue weighted by Gasteiger charge is -2.41. The SMILES string of the molecule is CC(C)N(C(N)=O)c1cccc(C2Nc3ccc(OC(=O)O)cc3CC2(C)C)c1. The van der Waals surface area contributed by atoms with E-state index >= 15 is 0 Å². The Bertz CT molecular complexity index is 939. The largest absolute Gasteiger partial charge is 0.511 e. The molecule has 0 saturated carbocycles. The van der Waals surface area contributed by atoms with Gasteiger partial charge in [-0.15, -0.1) is 0 Å². The number of nitrogens with zero attached hydrogens (tertiary/aromatic N) is 1. The van der Waals surface area contributed by atoms with Crippen LogP contribution in [0.2, 0.25) is 0 Å². The number of primary amides is 1. The zero-order valence-corrected chi connectivity index (χ0v) is 17.1. The molecule has 0 saturated heterocycles. The molecule has 154 valence electrons. The molecule has 2 aromatic rings. The van der Waals surface area contributed by atoms with Crippen molar-refractivity contribution in [1.82, 2.24) is 0 Å². The van der Waals surface area contributed by atoms with E-state index < -0.39 is 12.2 Å². The van der Waals surface area contributed by atoms with Crippen molar-refractivity contribution in [2.75, 3.05) is 10.2 Å². The fourth-order valence-electron chi connectivity index (χ4n) is 4.03. The Morgan fingerprint density at radius 1 is 1.24 bits per heavy atom. The number of benzene rings is 2. The van der Waals surface area contributed by atoms with E-state index in [4.69, 9.17) is 15.6 Å². The van der Waals surface area contributed by atoms with Crippen LogP contribution >= 0.6 is 0 Å². The number of rotatable bonds is 4. The summed E-state index contributed by atoms with van der Waals surface area (Å²) >= 11 is 0. The monoisotopic (exact) mass is 397 g/mol. The predicted molar refractivity (Wildman–Crippen MR) is 113 cm³/mol. The summed E-state index contributed by atoms with van der Waals surface area (Å²) in [5, 5.41) is 12.4. The molecule has 1 aliphatic heterocycles. The lowest BCUT2D eigenvalue weighted by atomic mass is 9.73. The number of urea groups is 1. The summed E-state index contributed by atoms with van der Waals surface area (Å²) in [4.78, 5) is 24.3. The van der Waals surface area contributed by atoms with E-state index in [0.29, 0.717) is 5.75 Å². The first-order valence-electron chi connectivity index (χ1n) is 9.57. The number of carbonyl (C=O) groups excluding carboxylic acids is 1. The Morgan fingerprint density at radius 3 is 2.59 bits per heavy atom. The standard InChI is InChI=1S/C22H27N3O4/c1-13(2)25(20(23)26)16-7-5-6-14(10-16)19-22(3,4)12-15-11-17(29-21(27)28)8-9-18(15)24-19/h5-11,13,19,24H,12H2,1-4H3,(H2,23,26)(H,27,28). The highest BCUT2D eigenvalue weighted by Gasteiger charge is 2.36. The van der Waals surface area contributed by atoms with Gasteiger partial charge in [-0.3, -0.25) is 4.90 Å². The number of carboxylic acid groups (broad SMARTS) is 1. The first-order valence-corrected chi connectivity index (χ1v) is 9.57. The van der Waals surface area contributed by atoms with Gasteiger partial charge in [0.15, 0.2) is 0 Å². The van der Waals surface area contributed by atoms with Gasteiger partial charge in [0.05, 0.1) is 6.04 Å². The maximum absolute atomic E-state index is 11.9. The maximum atomic E-state index is 11.9. The van der Waals surface area contributed by atoms with E-state index in [1.54, 1.807) is 17.0 Å². The molecular formula is C22H27N3O4. The molecule has 1 atom stereocenters. The first-order chi connectivity index (χ1) is 13.6. The number of anilines is 2. The Morgan fingerprint density at radius 2 is 1.97 bits per heavy atom. The second-order valence-electron chi connectivity index (χ2n) is 8.33. The Hall–Kier alpha value is -3.22. The van der Waals surface area contributed by atoms with Gasteiger partial charge in [0.1, 0.15) is 5.75 Å². The Labute approximate surface area is 170 Å². The van der Waals surface area contributed by atoms with Gasteiger partial charge in [0.2, 0.25) is 0 Å². The topological polar surface area (TPSA) is 105 Å². The Kier molecular flexibility index (Phi) is 5.42. The molecule has 1 heterocycles. The van der Waals surface area contributed by atoms with Crippen LogP contribution in [0.1, 0.15) is 44.9 Å². The van der Waals surface area contributed by atoms with Gasteiger partial charge in [0, 0.05) is 17.4 Å². The molecule has 7 heteroatoms. The number of carbonyl (C=O) groups is 2. The number of fused-ring (bicyclic) bond motifs is 1. The summed E-state index contributed by atoms with van der Waals surface area (Å²) < 4.78 is 4.79. The molecule has 29 heavy (non-hydrogen) atoms. The minimum atomic E-state index is -1.33. The summed E-state index contributed by atoms with van der Waals surface area (Å²) in [5.74, 6) is 0.309. The summed E-state index contributed by atoms with van der Waals surface area (Å²) in [5.41, 5.74) is 9.17. The van der Waals surface area contributed by atoms with E-state index in [1.807, 2.05) is 44.2 Å². The molecule has 7 nitrogen and oxygen atoms in total. The molecule has 0 aromatic heterocycles. The van der Waals surface area contributed by atoms with Gasteiger partial charge in [-0.2, -0.15) is 0 Å². The smallest absolute Gasteiger partial charge is 0.449 e. The van der Waals surface area contributed by atoms with Crippen LogP contribution in [-0.2, 0) is 6.42 Å². The van der Waals surface area contributed by atoms with Crippen LogP contribution in [0.5, 0.6) is 5.75 Å². The average molecular weight is 397 g/mol. The average Bonchev–Trinajstić information content (AvgIpc) is 2.59. The summed E-state index contributed by atoms with van der Waals surface area (Å²) in [6, 6.07) is 12.6. The maximum Gasteiger partial charge on any atom is 0.511 e. The van der Waals surface area contributed by atoms with Crippen molar-refractivity contribution in [2.45, 2.75) is 46.2 Å². The molecule has 1 aliphatic rings. The summed E-state index contributed by atoms with van der Waals surface area (Å²) in [6.07, 6.45) is -0.586.